The zero-order chi connectivity index (χ0) is 17.6. The minimum Gasteiger partial charge on any atom is -0.450 e. The molecule has 0 aromatic carbocycles. The quantitative estimate of drug-likeness (QED) is 0.903. The molecular formula is C18H29N5O2. The first kappa shape index (κ1) is 17.8. The average molecular weight is 347 g/mol. The normalized spacial score (nSPS) is 19.8. The number of hydrogen-bond donors (Lipinski definition) is 1. The van der Waals surface area contributed by atoms with Gasteiger partial charge in [-0.25, -0.2) is 14.8 Å². The van der Waals surface area contributed by atoms with E-state index in [4.69, 9.17) is 4.74 Å². The van der Waals surface area contributed by atoms with Gasteiger partial charge in [0.05, 0.1) is 6.61 Å². The molecule has 1 aromatic rings. The van der Waals surface area contributed by atoms with Gasteiger partial charge in [-0.2, -0.15) is 0 Å². The van der Waals surface area contributed by atoms with Crippen molar-refractivity contribution < 1.29 is 9.53 Å². The Morgan fingerprint density at radius 1 is 1.20 bits per heavy atom. The second-order valence-electron chi connectivity index (χ2n) is 7.04. The van der Waals surface area contributed by atoms with E-state index in [1.54, 1.807) is 11.2 Å². The fraction of sp³-hybridized carbons (Fsp3) is 0.722. The van der Waals surface area contributed by atoms with E-state index in [-0.39, 0.29) is 6.09 Å². The molecule has 2 aliphatic rings. The van der Waals surface area contributed by atoms with E-state index >= 15 is 0 Å². The van der Waals surface area contributed by atoms with Crippen molar-refractivity contribution >= 4 is 17.7 Å². The summed E-state index contributed by atoms with van der Waals surface area (Å²) in [5.74, 6) is 2.69. The van der Waals surface area contributed by atoms with Crippen LogP contribution in [0.5, 0.6) is 0 Å². The summed E-state index contributed by atoms with van der Waals surface area (Å²) in [7, 11) is 0. The Balaban J connectivity index is 1.52. The molecule has 0 saturated carbocycles. The monoisotopic (exact) mass is 347 g/mol. The van der Waals surface area contributed by atoms with Crippen LogP contribution in [0.1, 0.15) is 39.5 Å². The zero-order valence-corrected chi connectivity index (χ0v) is 15.3. The van der Waals surface area contributed by atoms with Gasteiger partial charge in [0.25, 0.3) is 0 Å². The van der Waals surface area contributed by atoms with Crippen molar-refractivity contribution in [1.82, 2.24) is 14.9 Å². The van der Waals surface area contributed by atoms with Gasteiger partial charge in [-0.3, -0.25) is 0 Å². The van der Waals surface area contributed by atoms with E-state index in [2.05, 4.69) is 27.1 Å². The summed E-state index contributed by atoms with van der Waals surface area (Å²) < 4.78 is 5.07. The number of hydrogen-bond acceptors (Lipinski definition) is 6. The van der Waals surface area contributed by atoms with Gasteiger partial charge in [-0.1, -0.05) is 6.92 Å². The first-order valence-electron chi connectivity index (χ1n) is 9.41. The molecule has 138 valence electrons. The second-order valence-corrected chi connectivity index (χ2v) is 7.04. The highest BCUT2D eigenvalue weighted by molar-refractivity contribution is 5.67. The van der Waals surface area contributed by atoms with Gasteiger partial charge < -0.3 is 19.9 Å². The van der Waals surface area contributed by atoms with E-state index in [0.29, 0.717) is 12.6 Å². The van der Waals surface area contributed by atoms with Crippen LogP contribution in [0.15, 0.2) is 12.4 Å². The Hall–Kier alpha value is -2.05. The fourth-order valence-corrected chi connectivity index (χ4v) is 3.47. The number of anilines is 2. The highest BCUT2D eigenvalue weighted by atomic mass is 16.6. The summed E-state index contributed by atoms with van der Waals surface area (Å²) in [6.07, 6.45) is 5.69. The molecule has 0 aliphatic carbocycles. The number of amides is 1. The summed E-state index contributed by atoms with van der Waals surface area (Å²) in [5, 5.41) is 3.50. The van der Waals surface area contributed by atoms with Gasteiger partial charge in [0, 0.05) is 38.3 Å². The maximum absolute atomic E-state index is 11.8. The van der Waals surface area contributed by atoms with Gasteiger partial charge in [0.1, 0.15) is 18.0 Å². The van der Waals surface area contributed by atoms with Crippen molar-refractivity contribution in [3.63, 3.8) is 0 Å². The number of nitrogens with zero attached hydrogens (tertiary/aromatic N) is 4. The number of likely N-dealkylation sites (tertiary alicyclic amines) is 1. The Labute approximate surface area is 149 Å². The number of piperidine rings is 2. The van der Waals surface area contributed by atoms with E-state index in [1.165, 1.54) is 12.8 Å². The summed E-state index contributed by atoms with van der Waals surface area (Å²) in [4.78, 5) is 24.7. The van der Waals surface area contributed by atoms with E-state index in [0.717, 1.165) is 56.6 Å². The molecule has 3 rings (SSSR count). The first-order valence-corrected chi connectivity index (χ1v) is 9.41. The number of carbonyl (C=O) groups is 1. The molecule has 1 aromatic heterocycles. The Morgan fingerprint density at radius 3 is 2.60 bits per heavy atom. The third kappa shape index (κ3) is 4.74. The smallest absolute Gasteiger partial charge is 0.409 e. The maximum Gasteiger partial charge on any atom is 0.409 e. The Kier molecular flexibility index (Phi) is 5.94. The summed E-state index contributed by atoms with van der Waals surface area (Å²) in [5.41, 5.74) is 0. The van der Waals surface area contributed by atoms with Crippen LogP contribution in [0, 0.1) is 5.92 Å². The van der Waals surface area contributed by atoms with Gasteiger partial charge in [-0.05, 0) is 38.5 Å². The number of rotatable bonds is 4. The van der Waals surface area contributed by atoms with Crippen molar-refractivity contribution in [1.29, 1.82) is 0 Å². The SMILES string of the molecule is CCOC(=O)N1CCC(Nc2cc(N3CCC(C)CC3)ncn2)CC1. The molecule has 3 heterocycles. The molecule has 0 bridgehead atoms. The van der Waals surface area contributed by atoms with Gasteiger partial charge in [0.15, 0.2) is 0 Å². The molecule has 7 nitrogen and oxygen atoms in total. The number of nitrogens with one attached hydrogen (secondary N) is 1. The lowest BCUT2D eigenvalue weighted by Gasteiger charge is -2.33. The highest BCUT2D eigenvalue weighted by Gasteiger charge is 2.24. The van der Waals surface area contributed by atoms with Crippen molar-refractivity contribution in [3.8, 4) is 0 Å². The number of carbonyl (C=O) groups excluding carboxylic acids is 1. The zero-order valence-electron chi connectivity index (χ0n) is 15.3. The molecule has 0 atom stereocenters. The van der Waals surface area contributed by atoms with Crippen molar-refractivity contribution in [2.24, 2.45) is 5.92 Å². The molecule has 2 fully saturated rings. The second kappa shape index (κ2) is 8.36. The predicted octanol–water partition coefficient (Wildman–Crippen LogP) is 2.75. The molecule has 7 heteroatoms. The van der Waals surface area contributed by atoms with E-state index in [9.17, 15) is 4.79 Å². The lowest BCUT2D eigenvalue weighted by atomic mass is 9.99. The van der Waals surface area contributed by atoms with E-state index in [1.807, 2.05) is 13.0 Å². The molecule has 25 heavy (non-hydrogen) atoms. The molecule has 2 saturated heterocycles. The van der Waals surface area contributed by atoms with Crippen LogP contribution < -0.4 is 10.2 Å². The Morgan fingerprint density at radius 2 is 1.92 bits per heavy atom. The van der Waals surface area contributed by atoms with Crippen LogP contribution in [0.4, 0.5) is 16.4 Å². The highest BCUT2D eigenvalue weighted by Crippen LogP contribution is 2.23. The first-order chi connectivity index (χ1) is 12.2. The van der Waals surface area contributed by atoms with Gasteiger partial charge in [-0.15, -0.1) is 0 Å². The minimum atomic E-state index is -0.204. The lowest BCUT2D eigenvalue weighted by molar-refractivity contribution is 0.0983. The standard InChI is InChI=1S/C18H29N5O2/c1-3-25-18(24)23-10-6-15(7-11-23)21-16-12-17(20-13-19-16)22-8-4-14(2)5-9-22/h12-15H,3-11H2,1-2H3,(H,19,20,21). The van der Waals surface area contributed by atoms with Crippen LogP contribution >= 0.6 is 0 Å². The fourth-order valence-electron chi connectivity index (χ4n) is 3.47. The van der Waals surface area contributed by atoms with Crippen molar-refractivity contribution in [2.75, 3.05) is 43.0 Å². The largest absolute Gasteiger partial charge is 0.450 e. The maximum atomic E-state index is 11.8. The van der Waals surface area contributed by atoms with Crippen LogP contribution in [-0.4, -0.2) is 59.8 Å². The Bertz CT molecular complexity index is 566. The van der Waals surface area contributed by atoms with Gasteiger partial charge >= 0.3 is 6.09 Å². The molecule has 2 aliphatic heterocycles. The third-order valence-corrected chi connectivity index (χ3v) is 5.13. The molecule has 1 N–H and O–H groups in total. The summed E-state index contributed by atoms with van der Waals surface area (Å²) in [6, 6.07) is 2.38. The third-order valence-electron chi connectivity index (χ3n) is 5.13. The molecular weight excluding hydrogens is 318 g/mol. The summed E-state index contributed by atoms with van der Waals surface area (Å²) >= 11 is 0. The molecule has 0 radical (unpaired) electrons. The van der Waals surface area contributed by atoms with Crippen LogP contribution in [0.2, 0.25) is 0 Å². The molecule has 1 amide bonds. The summed E-state index contributed by atoms with van der Waals surface area (Å²) in [6.45, 7) is 8.15. The van der Waals surface area contributed by atoms with Crippen LogP contribution in [0.25, 0.3) is 0 Å². The van der Waals surface area contributed by atoms with Crippen LogP contribution in [-0.2, 0) is 4.74 Å². The van der Waals surface area contributed by atoms with Gasteiger partial charge in [0.2, 0.25) is 0 Å². The molecule has 0 spiro atoms. The van der Waals surface area contributed by atoms with Crippen molar-refractivity contribution in [2.45, 2.75) is 45.6 Å². The minimum absolute atomic E-state index is 0.204. The van der Waals surface area contributed by atoms with Crippen molar-refractivity contribution in [3.05, 3.63) is 12.4 Å². The van der Waals surface area contributed by atoms with Crippen LogP contribution in [0.3, 0.4) is 0 Å². The number of aromatic nitrogens is 2. The topological polar surface area (TPSA) is 70.6 Å². The predicted molar refractivity (Wildman–Crippen MR) is 97.9 cm³/mol. The lowest BCUT2D eigenvalue weighted by Crippen LogP contribution is -2.42. The molecule has 0 unspecified atom stereocenters. The van der Waals surface area contributed by atoms with E-state index < -0.39 is 0 Å². The number of ether oxygens (including phenoxy) is 1. The average Bonchev–Trinajstić information content (AvgIpc) is 2.63.